The summed E-state index contributed by atoms with van der Waals surface area (Å²) < 4.78 is 0. The third-order valence-corrected chi connectivity index (χ3v) is 3.38. The Labute approximate surface area is 93.1 Å². The van der Waals surface area contributed by atoms with Crippen molar-refractivity contribution in [3.05, 3.63) is 47.1 Å². The van der Waals surface area contributed by atoms with Crippen LogP contribution in [0.15, 0.2) is 47.1 Å². The highest BCUT2D eigenvalue weighted by Gasteiger charge is 2.20. The Balaban J connectivity index is 2.23. The largest absolute Gasteiger partial charge is 0.0876 e. The fourth-order valence-corrected chi connectivity index (χ4v) is 2.46. The predicted octanol–water partition coefficient (Wildman–Crippen LogP) is 4.57. The maximum atomic E-state index is 2.40. The smallest absolute Gasteiger partial charge is 0.00919 e. The van der Waals surface area contributed by atoms with Crippen LogP contribution in [0.5, 0.6) is 0 Å². The summed E-state index contributed by atoms with van der Waals surface area (Å²) in [5, 5.41) is 0. The molecule has 2 aliphatic rings. The van der Waals surface area contributed by atoms with Crippen LogP contribution < -0.4 is 0 Å². The normalized spacial score (nSPS) is 25.7. The molecular weight excluding hydrogens is 180 g/mol. The van der Waals surface area contributed by atoms with Crippen LogP contribution in [0, 0.1) is 5.92 Å². The average molecular weight is 200 g/mol. The molecule has 0 aromatic carbocycles. The Morgan fingerprint density at radius 2 is 2.20 bits per heavy atom. The van der Waals surface area contributed by atoms with Gasteiger partial charge in [0.1, 0.15) is 0 Å². The van der Waals surface area contributed by atoms with Crippen LogP contribution in [-0.4, -0.2) is 0 Å². The summed E-state index contributed by atoms with van der Waals surface area (Å²) in [5.74, 6) is 0.738. The lowest BCUT2D eigenvalue weighted by atomic mass is 9.93. The van der Waals surface area contributed by atoms with Gasteiger partial charge in [-0.1, -0.05) is 49.8 Å². The Bertz CT molecular complexity index is 350. The van der Waals surface area contributed by atoms with Crippen LogP contribution in [0.4, 0.5) is 0 Å². The molecule has 0 spiro atoms. The summed E-state index contributed by atoms with van der Waals surface area (Å²) in [6.45, 7) is 4.54. The van der Waals surface area contributed by atoms with Gasteiger partial charge >= 0.3 is 0 Å². The first-order valence-electron chi connectivity index (χ1n) is 6.07. The van der Waals surface area contributed by atoms with E-state index in [0.717, 1.165) is 18.8 Å². The van der Waals surface area contributed by atoms with Gasteiger partial charge in [0, 0.05) is 0 Å². The lowest BCUT2D eigenvalue weighted by Gasteiger charge is -2.11. The second-order valence-corrected chi connectivity index (χ2v) is 4.49. The van der Waals surface area contributed by atoms with E-state index in [2.05, 4.69) is 44.2 Å². The zero-order valence-electron chi connectivity index (χ0n) is 9.79. The Kier molecular flexibility index (Phi) is 3.25. The molecule has 0 heterocycles. The standard InChI is InChI=1S/C15H20/c1-3-4-8-13-10-11-14-12(2)7-5-6-9-15(13)14/h4-6,8,10,12H,3,7,9,11H2,1-2H3/b8-4-/t12-/m1/s1. The second kappa shape index (κ2) is 4.65. The summed E-state index contributed by atoms with van der Waals surface area (Å²) in [4.78, 5) is 0. The third kappa shape index (κ3) is 2.14. The first-order valence-corrected chi connectivity index (χ1v) is 6.07. The first kappa shape index (κ1) is 10.5. The van der Waals surface area contributed by atoms with E-state index in [1.165, 1.54) is 18.4 Å². The van der Waals surface area contributed by atoms with Crippen LogP contribution in [-0.2, 0) is 0 Å². The predicted molar refractivity (Wildman–Crippen MR) is 66.7 cm³/mol. The molecule has 15 heavy (non-hydrogen) atoms. The van der Waals surface area contributed by atoms with E-state index in [4.69, 9.17) is 0 Å². The molecule has 2 rings (SSSR count). The van der Waals surface area contributed by atoms with Crippen LogP contribution in [0.3, 0.4) is 0 Å². The van der Waals surface area contributed by atoms with E-state index < -0.39 is 0 Å². The Hall–Kier alpha value is -1.04. The number of hydrogen-bond acceptors (Lipinski definition) is 0. The van der Waals surface area contributed by atoms with Crippen LogP contribution in [0.2, 0.25) is 0 Å². The molecule has 0 amide bonds. The lowest BCUT2D eigenvalue weighted by Crippen LogP contribution is -1.97. The van der Waals surface area contributed by atoms with Gasteiger partial charge in [-0.15, -0.1) is 0 Å². The van der Waals surface area contributed by atoms with E-state index in [1.54, 1.807) is 11.1 Å². The van der Waals surface area contributed by atoms with Crippen molar-refractivity contribution in [2.24, 2.45) is 5.92 Å². The maximum absolute atomic E-state index is 2.40. The van der Waals surface area contributed by atoms with Gasteiger partial charge in [-0.2, -0.15) is 0 Å². The monoisotopic (exact) mass is 200 g/mol. The molecular formula is C15H20. The Morgan fingerprint density at radius 3 is 3.00 bits per heavy atom. The van der Waals surface area contributed by atoms with Crippen molar-refractivity contribution in [3.63, 3.8) is 0 Å². The molecule has 80 valence electrons. The summed E-state index contributed by atoms with van der Waals surface area (Å²) in [6.07, 6.45) is 16.3. The zero-order valence-corrected chi connectivity index (χ0v) is 9.79. The molecule has 0 radical (unpaired) electrons. The van der Waals surface area contributed by atoms with Crippen molar-refractivity contribution < 1.29 is 0 Å². The minimum Gasteiger partial charge on any atom is -0.0876 e. The molecule has 0 aromatic rings. The van der Waals surface area contributed by atoms with Gasteiger partial charge in [0.25, 0.3) is 0 Å². The van der Waals surface area contributed by atoms with Crippen LogP contribution in [0.25, 0.3) is 0 Å². The number of rotatable bonds is 2. The van der Waals surface area contributed by atoms with Gasteiger partial charge in [0.05, 0.1) is 0 Å². The van der Waals surface area contributed by atoms with Gasteiger partial charge in [-0.05, 0) is 42.7 Å². The van der Waals surface area contributed by atoms with Gasteiger partial charge in [-0.3, -0.25) is 0 Å². The minimum atomic E-state index is 0.738. The lowest BCUT2D eigenvalue weighted by molar-refractivity contribution is 0.682. The topological polar surface area (TPSA) is 0 Å². The maximum Gasteiger partial charge on any atom is -0.00919 e. The second-order valence-electron chi connectivity index (χ2n) is 4.49. The van der Waals surface area contributed by atoms with Crippen molar-refractivity contribution in [2.75, 3.05) is 0 Å². The number of allylic oxidation sites excluding steroid dienone is 8. The van der Waals surface area contributed by atoms with E-state index in [1.807, 2.05) is 0 Å². The highest BCUT2D eigenvalue weighted by atomic mass is 14.2. The summed E-state index contributed by atoms with van der Waals surface area (Å²) in [5.41, 5.74) is 4.75. The van der Waals surface area contributed by atoms with Gasteiger partial charge in [0.2, 0.25) is 0 Å². The van der Waals surface area contributed by atoms with Crippen LogP contribution in [0.1, 0.15) is 39.5 Å². The molecule has 2 aliphatic carbocycles. The third-order valence-electron chi connectivity index (χ3n) is 3.38. The molecule has 0 N–H and O–H groups in total. The van der Waals surface area contributed by atoms with Crippen LogP contribution >= 0.6 is 0 Å². The summed E-state index contributed by atoms with van der Waals surface area (Å²) in [7, 11) is 0. The van der Waals surface area contributed by atoms with Crippen molar-refractivity contribution in [3.8, 4) is 0 Å². The van der Waals surface area contributed by atoms with Crippen molar-refractivity contribution in [1.82, 2.24) is 0 Å². The van der Waals surface area contributed by atoms with E-state index in [0.29, 0.717) is 0 Å². The fourth-order valence-electron chi connectivity index (χ4n) is 2.46. The molecule has 1 atom stereocenters. The highest BCUT2D eigenvalue weighted by molar-refractivity contribution is 5.50. The molecule has 0 saturated carbocycles. The van der Waals surface area contributed by atoms with Gasteiger partial charge in [-0.25, -0.2) is 0 Å². The van der Waals surface area contributed by atoms with Crippen molar-refractivity contribution in [1.29, 1.82) is 0 Å². The zero-order chi connectivity index (χ0) is 10.7. The molecule has 0 heteroatoms. The SMILES string of the molecule is CC/C=C\C1=CCC2=C1CC=CC[C@H]2C. The summed E-state index contributed by atoms with van der Waals surface area (Å²) >= 11 is 0. The van der Waals surface area contributed by atoms with Gasteiger partial charge < -0.3 is 0 Å². The quantitative estimate of drug-likeness (QED) is 0.573. The van der Waals surface area contributed by atoms with E-state index >= 15 is 0 Å². The van der Waals surface area contributed by atoms with Crippen molar-refractivity contribution in [2.45, 2.75) is 39.5 Å². The molecule has 0 saturated heterocycles. The molecule has 0 aromatic heterocycles. The first-order chi connectivity index (χ1) is 7.33. The minimum absolute atomic E-state index is 0.738. The van der Waals surface area contributed by atoms with E-state index in [9.17, 15) is 0 Å². The highest BCUT2D eigenvalue weighted by Crippen LogP contribution is 2.37. The molecule has 0 bridgehead atoms. The molecule has 0 nitrogen and oxygen atoms in total. The summed E-state index contributed by atoms with van der Waals surface area (Å²) in [6, 6.07) is 0. The van der Waals surface area contributed by atoms with Gasteiger partial charge in [0.15, 0.2) is 0 Å². The molecule has 0 unspecified atom stereocenters. The molecule has 0 fully saturated rings. The average Bonchev–Trinajstić information content (AvgIpc) is 2.55. The van der Waals surface area contributed by atoms with Crippen molar-refractivity contribution >= 4 is 0 Å². The fraction of sp³-hybridized carbons (Fsp3) is 0.467. The van der Waals surface area contributed by atoms with E-state index in [-0.39, 0.29) is 0 Å². The Morgan fingerprint density at radius 1 is 1.33 bits per heavy atom. The number of hydrogen-bond donors (Lipinski definition) is 0. The molecule has 0 aliphatic heterocycles.